The van der Waals surface area contributed by atoms with Crippen molar-refractivity contribution in [2.45, 2.75) is 25.8 Å². The Morgan fingerprint density at radius 2 is 1.93 bits per heavy atom. The first-order valence-electron chi connectivity index (χ1n) is 9.76. The van der Waals surface area contributed by atoms with Crippen LogP contribution in [0.25, 0.3) is 0 Å². The number of carbonyl (C=O) groups excluding carboxylic acids is 2. The summed E-state index contributed by atoms with van der Waals surface area (Å²) in [6, 6.07) is 7.00. The topological polar surface area (TPSA) is 61.4 Å². The van der Waals surface area contributed by atoms with E-state index < -0.39 is 17.5 Å². The molecule has 2 heterocycles. The molecule has 156 valence electrons. The average Bonchev–Trinajstić information content (AvgIpc) is 3.20. The molecule has 5 nitrogen and oxygen atoms in total. The maximum absolute atomic E-state index is 13.6. The van der Waals surface area contributed by atoms with E-state index >= 15 is 0 Å². The molecule has 2 N–H and O–H groups in total. The Kier molecular flexibility index (Phi) is 7.71. The van der Waals surface area contributed by atoms with E-state index in [4.69, 9.17) is 0 Å². The van der Waals surface area contributed by atoms with Crippen LogP contribution in [0.2, 0.25) is 0 Å². The summed E-state index contributed by atoms with van der Waals surface area (Å²) in [6.45, 7) is 3.77. The van der Waals surface area contributed by atoms with Crippen molar-refractivity contribution in [3.8, 4) is 0 Å². The van der Waals surface area contributed by atoms with Gasteiger partial charge in [0, 0.05) is 37.0 Å². The summed E-state index contributed by atoms with van der Waals surface area (Å²) in [7, 11) is 0. The highest BCUT2D eigenvalue weighted by Crippen LogP contribution is 2.20. The standard InChI is InChI=1S/C21H25F2N3O2S/c22-16-3-4-18(19(23)12-16)21(28)24-8-5-20(27)25-13-15-6-9-26(10-7-15)14-17-2-1-11-29-17/h1-4,11-12,15H,5-10,13-14H2,(H,24,28)(H,25,27). The summed E-state index contributed by atoms with van der Waals surface area (Å²) in [6.07, 6.45) is 2.21. The van der Waals surface area contributed by atoms with Crippen molar-refractivity contribution in [1.82, 2.24) is 15.5 Å². The molecule has 0 spiro atoms. The number of rotatable bonds is 8. The van der Waals surface area contributed by atoms with Crippen LogP contribution in [0.4, 0.5) is 8.78 Å². The van der Waals surface area contributed by atoms with Crippen LogP contribution < -0.4 is 10.6 Å². The SMILES string of the molecule is O=C(CCNC(=O)c1ccc(F)cc1F)NCC1CCN(Cc2cccs2)CC1. The molecule has 0 aliphatic carbocycles. The highest BCUT2D eigenvalue weighted by molar-refractivity contribution is 7.09. The molecule has 1 aliphatic heterocycles. The molecule has 2 amide bonds. The van der Waals surface area contributed by atoms with E-state index in [1.54, 1.807) is 11.3 Å². The smallest absolute Gasteiger partial charge is 0.254 e. The number of likely N-dealkylation sites (tertiary alicyclic amines) is 1. The Bertz CT molecular complexity index is 821. The van der Waals surface area contributed by atoms with E-state index in [1.165, 1.54) is 4.88 Å². The van der Waals surface area contributed by atoms with Crippen LogP contribution in [0.3, 0.4) is 0 Å². The van der Waals surface area contributed by atoms with Gasteiger partial charge in [0.25, 0.3) is 5.91 Å². The van der Waals surface area contributed by atoms with Crippen molar-refractivity contribution >= 4 is 23.2 Å². The largest absolute Gasteiger partial charge is 0.356 e. The fourth-order valence-electron chi connectivity index (χ4n) is 3.38. The Morgan fingerprint density at radius 3 is 2.62 bits per heavy atom. The van der Waals surface area contributed by atoms with E-state index in [-0.39, 0.29) is 24.4 Å². The molecule has 0 saturated carbocycles. The summed E-state index contributed by atoms with van der Waals surface area (Å²) in [4.78, 5) is 27.7. The molecular weight excluding hydrogens is 396 g/mol. The quantitative estimate of drug-likeness (QED) is 0.688. The van der Waals surface area contributed by atoms with Crippen LogP contribution >= 0.6 is 11.3 Å². The Hall–Kier alpha value is -2.32. The summed E-state index contributed by atoms with van der Waals surface area (Å²) in [5.41, 5.74) is -0.235. The first-order chi connectivity index (χ1) is 14.0. The molecular formula is C21H25F2N3O2S. The van der Waals surface area contributed by atoms with Crippen LogP contribution in [-0.4, -0.2) is 42.9 Å². The van der Waals surface area contributed by atoms with Gasteiger partial charge in [-0.1, -0.05) is 6.07 Å². The number of benzene rings is 1. The number of thiophene rings is 1. The lowest BCUT2D eigenvalue weighted by atomic mass is 9.96. The first kappa shape index (κ1) is 21.4. The molecule has 1 aromatic carbocycles. The van der Waals surface area contributed by atoms with Crippen molar-refractivity contribution in [2.24, 2.45) is 5.92 Å². The lowest BCUT2D eigenvalue weighted by Gasteiger charge is -2.31. The molecule has 2 aromatic rings. The fraction of sp³-hybridized carbons (Fsp3) is 0.429. The molecule has 8 heteroatoms. The van der Waals surface area contributed by atoms with Gasteiger partial charge in [0.15, 0.2) is 0 Å². The number of hydrogen-bond acceptors (Lipinski definition) is 4. The molecule has 0 atom stereocenters. The van der Waals surface area contributed by atoms with Crippen molar-refractivity contribution < 1.29 is 18.4 Å². The van der Waals surface area contributed by atoms with Gasteiger partial charge in [-0.2, -0.15) is 0 Å². The minimum absolute atomic E-state index is 0.0980. The summed E-state index contributed by atoms with van der Waals surface area (Å²) in [5.74, 6) is -2.01. The Balaban J connectivity index is 1.30. The third kappa shape index (κ3) is 6.61. The van der Waals surface area contributed by atoms with Gasteiger partial charge in [-0.05, 0) is 55.4 Å². The molecule has 1 fully saturated rings. The van der Waals surface area contributed by atoms with Gasteiger partial charge in [0.1, 0.15) is 11.6 Å². The maximum Gasteiger partial charge on any atom is 0.254 e. The predicted octanol–water partition coefficient (Wildman–Crippen LogP) is 3.17. The fourth-order valence-corrected chi connectivity index (χ4v) is 4.12. The third-order valence-electron chi connectivity index (χ3n) is 5.07. The van der Waals surface area contributed by atoms with Crippen LogP contribution in [0, 0.1) is 17.6 Å². The number of carbonyl (C=O) groups is 2. The van der Waals surface area contributed by atoms with Crippen molar-refractivity contribution in [3.05, 3.63) is 57.8 Å². The third-order valence-corrected chi connectivity index (χ3v) is 5.93. The summed E-state index contributed by atoms with van der Waals surface area (Å²) < 4.78 is 26.4. The van der Waals surface area contributed by atoms with Crippen molar-refractivity contribution in [1.29, 1.82) is 0 Å². The predicted molar refractivity (Wildman–Crippen MR) is 109 cm³/mol. The van der Waals surface area contributed by atoms with E-state index in [0.29, 0.717) is 18.5 Å². The van der Waals surface area contributed by atoms with Gasteiger partial charge in [0.05, 0.1) is 5.56 Å². The number of piperidine rings is 1. The second-order valence-corrected chi connectivity index (χ2v) is 8.27. The maximum atomic E-state index is 13.6. The molecule has 3 rings (SSSR count). The van der Waals surface area contributed by atoms with E-state index in [1.807, 2.05) is 0 Å². The van der Waals surface area contributed by atoms with Gasteiger partial charge in [-0.15, -0.1) is 11.3 Å². The summed E-state index contributed by atoms with van der Waals surface area (Å²) >= 11 is 1.77. The van der Waals surface area contributed by atoms with E-state index in [2.05, 4.69) is 33.0 Å². The second-order valence-electron chi connectivity index (χ2n) is 7.23. The van der Waals surface area contributed by atoms with Crippen LogP contribution in [0.5, 0.6) is 0 Å². The van der Waals surface area contributed by atoms with Gasteiger partial charge in [0.2, 0.25) is 5.91 Å². The number of hydrogen-bond donors (Lipinski definition) is 2. The number of halogens is 2. The van der Waals surface area contributed by atoms with E-state index in [0.717, 1.165) is 44.6 Å². The zero-order valence-electron chi connectivity index (χ0n) is 16.1. The minimum atomic E-state index is -0.919. The molecule has 0 radical (unpaired) electrons. The minimum Gasteiger partial charge on any atom is -0.356 e. The van der Waals surface area contributed by atoms with Gasteiger partial charge >= 0.3 is 0 Å². The molecule has 0 bridgehead atoms. The van der Waals surface area contributed by atoms with Crippen molar-refractivity contribution in [3.63, 3.8) is 0 Å². The monoisotopic (exact) mass is 421 g/mol. The molecule has 1 aromatic heterocycles. The lowest BCUT2D eigenvalue weighted by Crippen LogP contribution is -2.39. The molecule has 1 aliphatic rings. The molecule has 1 saturated heterocycles. The van der Waals surface area contributed by atoms with Gasteiger partial charge < -0.3 is 10.6 Å². The van der Waals surface area contributed by atoms with Crippen LogP contribution in [-0.2, 0) is 11.3 Å². The van der Waals surface area contributed by atoms with Gasteiger partial charge in [-0.25, -0.2) is 8.78 Å². The van der Waals surface area contributed by atoms with Crippen molar-refractivity contribution in [2.75, 3.05) is 26.2 Å². The normalized spacial score (nSPS) is 15.2. The highest BCUT2D eigenvalue weighted by Gasteiger charge is 2.20. The average molecular weight is 422 g/mol. The molecule has 0 unspecified atom stereocenters. The zero-order valence-corrected chi connectivity index (χ0v) is 16.9. The number of nitrogens with zero attached hydrogens (tertiary/aromatic N) is 1. The van der Waals surface area contributed by atoms with Crippen LogP contribution in [0.1, 0.15) is 34.5 Å². The Labute approximate surface area is 173 Å². The summed E-state index contributed by atoms with van der Waals surface area (Å²) in [5, 5.41) is 7.50. The second kappa shape index (κ2) is 10.5. The van der Waals surface area contributed by atoms with E-state index in [9.17, 15) is 18.4 Å². The van der Waals surface area contributed by atoms with Crippen LogP contribution in [0.15, 0.2) is 35.7 Å². The van der Waals surface area contributed by atoms with Gasteiger partial charge in [-0.3, -0.25) is 14.5 Å². The number of amides is 2. The zero-order chi connectivity index (χ0) is 20.6. The first-order valence-corrected chi connectivity index (χ1v) is 10.6. The Morgan fingerprint density at radius 1 is 1.14 bits per heavy atom. The number of nitrogens with one attached hydrogen (secondary N) is 2. The lowest BCUT2D eigenvalue weighted by molar-refractivity contribution is -0.121. The highest BCUT2D eigenvalue weighted by atomic mass is 32.1. The molecule has 29 heavy (non-hydrogen) atoms.